The molecule has 1 aromatic rings. The predicted molar refractivity (Wildman–Crippen MR) is 95.7 cm³/mol. The number of carbonyl (C=O) groups is 2. The second kappa shape index (κ2) is 7.21. The number of carbonyl (C=O) groups excluding carboxylic acids is 2. The molecule has 0 aromatic heterocycles. The summed E-state index contributed by atoms with van der Waals surface area (Å²) < 4.78 is 10.5. The number of anilines is 1. The van der Waals surface area contributed by atoms with Gasteiger partial charge in [-0.2, -0.15) is 0 Å². The lowest BCUT2D eigenvalue weighted by atomic mass is 10.1. The van der Waals surface area contributed by atoms with Crippen LogP contribution in [0.5, 0.6) is 5.75 Å². The van der Waals surface area contributed by atoms with Gasteiger partial charge in [0.25, 0.3) is 5.91 Å². The number of hydrogen-bond donors (Lipinski definition) is 1. The van der Waals surface area contributed by atoms with Gasteiger partial charge >= 0.3 is 6.09 Å². The molecule has 2 amide bonds. The molecule has 25 heavy (non-hydrogen) atoms. The van der Waals surface area contributed by atoms with Crippen molar-refractivity contribution >= 4 is 17.7 Å². The standard InChI is InChI=1S/C18H27N3O4/c1-12-11-20(8-9-21(12)17(23)25-18(2,3)4)16(22)13-6-7-15(24-5)14(19)10-13/h6-7,10,12H,8-9,11,19H2,1-5H3/t12-/m1/s1. The first-order valence-electron chi connectivity index (χ1n) is 8.35. The fraction of sp³-hybridized carbons (Fsp3) is 0.556. The van der Waals surface area contributed by atoms with Crippen LogP contribution in [0.25, 0.3) is 0 Å². The number of rotatable bonds is 2. The lowest BCUT2D eigenvalue weighted by Gasteiger charge is -2.40. The molecule has 1 aliphatic heterocycles. The average Bonchev–Trinajstić information content (AvgIpc) is 2.52. The molecule has 7 nitrogen and oxygen atoms in total. The molecule has 7 heteroatoms. The summed E-state index contributed by atoms with van der Waals surface area (Å²) in [7, 11) is 1.53. The normalized spacial score (nSPS) is 18.0. The van der Waals surface area contributed by atoms with Gasteiger partial charge in [0.2, 0.25) is 0 Å². The third-order valence-corrected chi connectivity index (χ3v) is 4.02. The van der Waals surface area contributed by atoms with E-state index < -0.39 is 5.60 Å². The van der Waals surface area contributed by atoms with Gasteiger partial charge in [-0.25, -0.2) is 4.79 Å². The molecule has 138 valence electrons. The van der Waals surface area contributed by atoms with E-state index in [-0.39, 0.29) is 18.0 Å². The van der Waals surface area contributed by atoms with Crippen molar-refractivity contribution in [3.05, 3.63) is 23.8 Å². The summed E-state index contributed by atoms with van der Waals surface area (Å²) in [5, 5.41) is 0. The number of methoxy groups -OCH3 is 1. The molecule has 2 N–H and O–H groups in total. The van der Waals surface area contributed by atoms with Crippen LogP contribution in [0.15, 0.2) is 18.2 Å². The topological polar surface area (TPSA) is 85.1 Å². The summed E-state index contributed by atoms with van der Waals surface area (Å²) >= 11 is 0. The van der Waals surface area contributed by atoms with Crippen molar-refractivity contribution in [2.75, 3.05) is 32.5 Å². The van der Waals surface area contributed by atoms with E-state index in [4.69, 9.17) is 15.2 Å². The maximum absolute atomic E-state index is 12.7. The van der Waals surface area contributed by atoms with Gasteiger partial charge in [0.15, 0.2) is 0 Å². The van der Waals surface area contributed by atoms with Gasteiger partial charge in [0.1, 0.15) is 11.4 Å². The Kier molecular flexibility index (Phi) is 5.45. The number of hydrogen-bond acceptors (Lipinski definition) is 5. The van der Waals surface area contributed by atoms with Crippen LogP contribution in [-0.2, 0) is 4.74 Å². The SMILES string of the molecule is COc1ccc(C(=O)N2CCN(C(=O)OC(C)(C)C)[C@H](C)C2)cc1N. The van der Waals surface area contributed by atoms with E-state index in [0.717, 1.165) is 0 Å². The van der Waals surface area contributed by atoms with E-state index in [2.05, 4.69) is 0 Å². The zero-order valence-electron chi connectivity index (χ0n) is 15.5. The second-order valence-electron chi connectivity index (χ2n) is 7.23. The van der Waals surface area contributed by atoms with Crippen LogP contribution in [-0.4, -0.2) is 60.2 Å². The molecule has 1 saturated heterocycles. The Morgan fingerprint density at radius 3 is 2.44 bits per heavy atom. The van der Waals surface area contributed by atoms with Crippen LogP contribution in [0.2, 0.25) is 0 Å². The number of nitrogens with zero attached hydrogens (tertiary/aromatic N) is 2. The lowest BCUT2D eigenvalue weighted by Crippen LogP contribution is -2.56. The third-order valence-electron chi connectivity index (χ3n) is 4.02. The summed E-state index contributed by atoms with van der Waals surface area (Å²) in [5.41, 5.74) is 6.28. The molecule has 1 heterocycles. The van der Waals surface area contributed by atoms with Crippen LogP contribution in [0.4, 0.5) is 10.5 Å². The smallest absolute Gasteiger partial charge is 0.410 e. The Morgan fingerprint density at radius 2 is 1.92 bits per heavy atom. The molecule has 0 radical (unpaired) electrons. The highest BCUT2D eigenvalue weighted by Gasteiger charge is 2.32. The average molecular weight is 349 g/mol. The first-order chi connectivity index (χ1) is 11.6. The van der Waals surface area contributed by atoms with Gasteiger partial charge in [-0.15, -0.1) is 0 Å². The quantitative estimate of drug-likeness (QED) is 0.829. The minimum Gasteiger partial charge on any atom is -0.495 e. The van der Waals surface area contributed by atoms with E-state index in [9.17, 15) is 9.59 Å². The van der Waals surface area contributed by atoms with Crippen LogP contribution >= 0.6 is 0 Å². The Bertz CT molecular complexity index is 654. The van der Waals surface area contributed by atoms with Gasteiger partial charge in [0.05, 0.1) is 12.8 Å². The van der Waals surface area contributed by atoms with Crippen molar-refractivity contribution in [3.63, 3.8) is 0 Å². The molecule has 0 spiro atoms. The first-order valence-corrected chi connectivity index (χ1v) is 8.35. The summed E-state index contributed by atoms with van der Waals surface area (Å²) in [6.45, 7) is 8.76. The van der Waals surface area contributed by atoms with Crippen LogP contribution in [0, 0.1) is 0 Å². The van der Waals surface area contributed by atoms with Crippen molar-refractivity contribution in [1.82, 2.24) is 9.80 Å². The molecule has 0 aliphatic carbocycles. The number of amides is 2. The van der Waals surface area contributed by atoms with Crippen molar-refractivity contribution in [2.45, 2.75) is 39.3 Å². The van der Waals surface area contributed by atoms with Crippen molar-refractivity contribution in [2.24, 2.45) is 0 Å². The second-order valence-corrected chi connectivity index (χ2v) is 7.23. The zero-order valence-corrected chi connectivity index (χ0v) is 15.5. The highest BCUT2D eigenvalue weighted by molar-refractivity contribution is 5.95. The number of nitrogen functional groups attached to an aromatic ring is 1. The summed E-state index contributed by atoms with van der Waals surface area (Å²) in [5.74, 6) is 0.435. The Hall–Kier alpha value is -2.44. The van der Waals surface area contributed by atoms with Gasteiger partial charge in [-0.1, -0.05) is 0 Å². The Labute approximate surface area is 148 Å². The molecule has 1 aromatic carbocycles. The molecule has 1 aliphatic rings. The van der Waals surface area contributed by atoms with Gasteiger partial charge < -0.3 is 25.0 Å². The minimum absolute atomic E-state index is 0.106. The number of nitrogens with two attached hydrogens (primary N) is 1. The molecule has 1 fully saturated rings. The molecular weight excluding hydrogens is 322 g/mol. The molecule has 1 atom stereocenters. The van der Waals surface area contributed by atoms with E-state index >= 15 is 0 Å². The third kappa shape index (κ3) is 4.55. The summed E-state index contributed by atoms with van der Waals surface area (Å²) in [6.07, 6.45) is -0.346. The van der Waals surface area contributed by atoms with Gasteiger partial charge in [-0.3, -0.25) is 4.79 Å². The molecule has 0 unspecified atom stereocenters. The van der Waals surface area contributed by atoms with Crippen LogP contribution in [0.1, 0.15) is 38.1 Å². The van der Waals surface area contributed by atoms with Crippen molar-refractivity contribution in [1.29, 1.82) is 0 Å². The zero-order chi connectivity index (χ0) is 18.8. The Morgan fingerprint density at radius 1 is 1.24 bits per heavy atom. The maximum Gasteiger partial charge on any atom is 0.410 e. The summed E-state index contributed by atoms with van der Waals surface area (Å²) in [4.78, 5) is 28.3. The van der Waals surface area contributed by atoms with E-state index in [0.29, 0.717) is 36.6 Å². The molecule has 0 bridgehead atoms. The predicted octanol–water partition coefficient (Wildman–Crippen LogP) is 2.36. The first kappa shape index (κ1) is 18.9. The van der Waals surface area contributed by atoms with E-state index in [1.165, 1.54) is 7.11 Å². The van der Waals surface area contributed by atoms with Crippen LogP contribution in [0.3, 0.4) is 0 Å². The van der Waals surface area contributed by atoms with Gasteiger partial charge in [-0.05, 0) is 45.9 Å². The van der Waals surface area contributed by atoms with E-state index in [1.54, 1.807) is 28.0 Å². The van der Waals surface area contributed by atoms with Crippen molar-refractivity contribution < 1.29 is 19.1 Å². The lowest BCUT2D eigenvalue weighted by molar-refractivity contribution is 0.00198. The van der Waals surface area contributed by atoms with Crippen molar-refractivity contribution in [3.8, 4) is 5.75 Å². The largest absolute Gasteiger partial charge is 0.495 e. The number of piperazine rings is 1. The molecule has 0 saturated carbocycles. The Balaban J connectivity index is 2.03. The fourth-order valence-electron chi connectivity index (χ4n) is 2.78. The minimum atomic E-state index is -0.537. The highest BCUT2D eigenvalue weighted by atomic mass is 16.6. The highest BCUT2D eigenvalue weighted by Crippen LogP contribution is 2.23. The van der Waals surface area contributed by atoms with Gasteiger partial charge in [0, 0.05) is 31.2 Å². The maximum atomic E-state index is 12.7. The van der Waals surface area contributed by atoms with E-state index in [1.807, 2.05) is 27.7 Å². The number of benzene rings is 1. The summed E-state index contributed by atoms with van der Waals surface area (Å²) in [6, 6.07) is 4.88. The molecular formula is C18H27N3O4. The van der Waals surface area contributed by atoms with Crippen LogP contribution < -0.4 is 10.5 Å². The fourth-order valence-corrected chi connectivity index (χ4v) is 2.78. The molecule has 2 rings (SSSR count). The monoisotopic (exact) mass is 349 g/mol. The number of ether oxygens (including phenoxy) is 2.